The van der Waals surface area contributed by atoms with Crippen LogP contribution in [-0.2, 0) is 4.74 Å². The lowest BCUT2D eigenvalue weighted by Gasteiger charge is -2.23. The molecule has 3 aliphatic carbocycles. The first kappa shape index (κ1) is 12.7. The second kappa shape index (κ2) is 5.75. The van der Waals surface area contributed by atoms with E-state index in [0.717, 1.165) is 36.7 Å². The van der Waals surface area contributed by atoms with Crippen molar-refractivity contribution < 1.29 is 9.84 Å². The van der Waals surface area contributed by atoms with Crippen LogP contribution in [0.2, 0.25) is 0 Å². The van der Waals surface area contributed by atoms with Crippen molar-refractivity contribution in [2.24, 2.45) is 23.7 Å². The molecule has 0 aliphatic heterocycles. The Hall–Kier alpha value is -0.340. The summed E-state index contributed by atoms with van der Waals surface area (Å²) >= 11 is 0. The molecule has 18 heavy (non-hydrogen) atoms. The highest BCUT2D eigenvalue weighted by Gasteiger charge is 2.43. The molecule has 0 radical (unpaired) electrons. The second-order valence-corrected chi connectivity index (χ2v) is 6.44. The fraction of sp³-hybridized carbons (Fsp3) is 0.875. The summed E-state index contributed by atoms with van der Waals surface area (Å²) in [7, 11) is 0. The van der Waals surface area contributed by atoms with Crippen LogP contribution in [0.15, 0.2) is 11.6 Å². The molecule has 0 aromatic carbocycles. The van der Waals surface area contributed by atoms with Crippen molar-refractivity contribution in [2.45, 2.75) is 51.4 Å². The number of fused-ring (bicyclic) bond motifs is 5. The summed E-state index contributed by atoms with van der Waals surface area (Å²) in [4.78, 5) is 0. The van der Waals surface area contributed by atoms with Crippen LogP contribution in [0.3, 0.4) is 0 Å². The molecule has 4 atom stereocenters. The van der Waals surface area contributed by atoms with Gasteiger partial charge >= 0.3 is 0 Å². The Morgan fingerprint density at radius 2 is 2.17 bits per heavy atom. The zero-order valence-electron chi connectivity index (χ0n) is 11.3. The Morgan fingerprint density at radius 3 is 3.06 bits per heavy atom. The average molecular weight is 250 g/mol. The van der Waals surface area contributed by atoms with Gasteiger partial charge in [0.2, 0.25) is 0 Å². The Kier molecular flexibility index (Phi) is 4.05. The molecule has 0 aromatic heterocycles. The quantitative estimate of drug-likeness (QED) is 0.460. The number of allylic oxidation sites excluding steroid dienone is 2. The van der Waals surface area contributed by atoms with Crippen molar-refractivity contribution >= 4 is 0 Å². The summed E-state index contributed by atoms with van der Waals surface area (Å²) in [5.74, 6) is 3.83. The third kappa shape index (κ3) is 2.50. The molecule has 3 aliphatic rings. The molecule has 0 amide bonds. The van der Waals surface area contributed by atoms with Gasteiger partial charge in [0.1, 0.15) is 6.79 Å². The second-order valence-electron chi connectivity index (χ2n) is 6.44. The third-order valence-electron chi connectivity index (χ3n) is 5.51. The van der Waals surface area contributed by atoms with Crippen molar-refractivity contribution in [1.82, 2.24) is 0 Å². The van der Waals surface area contributed by atoms with Crippen LogP contribution in [0.4, 0.5) is 0 Å². The van der Waals surface area contributed by atoms with E-state index in [0.29, 0.717) is 0 Å². The van der Waals surface area contributed by atoms with E-state index in [1.807, 2.05) is 5.57 Å². The van der Waals surface area contributed by atoms with E-state index in [4.69, 9.17) is 9.84 Å². The summed E-state index contributed by atoms with van der Waals surface area (Å²) in [5.41, 5.74) is 1.85. The molecular weight excluding hydrogens is 224 g/mol. The van der Waals surface area contributed by atoms with Gasteiger partial charge in [-0.2, -0.15) is 0 Å². The fourth-order valence-electron chi connectivity index (χ4n) is 4.62. The number of aliphatic hydroxyl groups is 1. The first-order valence-electron chi connectivity index (χ1n) is 7.77. The van der Waals surface area contributed by atoms with E-state index in [9.17, 15) is 0 Å². The molecular formula is C16H26O2. The number of aliphatic hydroxyl groups excluding tert-OH is 1. The molecule has 2 bridgehead atoms. The maximum Gasteiger partial charge on any atom is 0.143 e. The lowest BCUT2D eigenvalue weighted by Crippen LogP contribution is -2.13. The maximum atomic E-state index is 8.59. The van der Waals surface area contributed by atoms with Crippen molar-refractivity contribution in [1.29, 1.82) is 0 Å². The predicted molar refractivity (Wildman–Crippen MR) is 72.0 cm³/mol. The number of hydrogen-bond donors (Lipinski definition) is 1. The van der Waals surface area contributed by atoms with E-state index < -0.39 is 0 Å². The minimum atomic E-state index is -0.125. The molecule has 2 fully saturated rings. The zero-order chi connectivity index (χ0) is 12.4. The largest absolute Gasteiger partial charge is 0.371 e. The van der Waals surface area contributed by atoms with Crippen LogP contribution in [-0.4, -0.2) is 18.5 Å². The molecule has 0 saturated heterocycles. The minimum absolute atomic E-state index is 0.125. The number of hydrogen-bond acceptors (Lipinski definition) is 2. The van der Waals surface area contributed by atoms with Gasteiger partial charge in [0.05, 0.1) is 0 Å². The normalized spacial score (nSPS) is 38.4. The van der Waals surface area contributed by atoms with Gasteiger partial charge in [-0.15, -0.1) is 0 Å². The summed E-state index contributed by atoms with van der Waals surface area (Å²) in [5, 5.41) is 8.59. The minimum Gasteiger partial charge on any atom is -0.371 e. The monoisotopic (exact) mass is 250 g/mol. The van der Waals surface area contributed by atoms with Gasteiger partial charge in [-0.25, -0.2) is 0 Å². The lowest BCUT2D eigenvalue weighted by atomic mass is 9.82. The molecule has 0 aromatic rings. The summed E-state index contributed by atoms with van der Waals surface area (Å²) < 4.78 is 5.01. The Labute approximate surface area is 110 Å². The molecule has 0 spiro atoms. The molecule has 2 saturated carbocycles. The SMILES string of the molecule is OCOCCCC1CC=C2C3CCC(C3)C2CC1. The smallest absolute Gasteiger partial charge is 0.143 e. The van der Waals surface area contributed by atoms with Gasteiger partial charge in [-0.3, -0.25) is 0 Å². The standard InChI is InChI=1S/C16H26O2/c17-11-18-9-1-2-12-3-7-15-13-5-6-14(10-13)16(15)8-4-12/h7,12-14,16-17H,1-6,8-11H2. The predicted octanol–water partition coefficient (Wildman–Crippen LogP) is 3.51. The van der Waals surface area contributed by atoms with Crippen LogP contribution in [0.1, 0.15) is 51.4 Å². The first-order valence-corrected chi connectivity index (χ1v) is 7.77. The van der Waals surface area contributed by atoms with Crippen LogP contribution < -0.4 is 0 Å². The van der Waals surface area contributed by atoms with Crippen molar-refractivity contribution in [3.05, 3.63) is 11.6 Å². The van der Waals surface area contributed by atoms with Gasteiger partial charge < -0.3 is 9.84 Å². The van der Waals surface area contributed by atoms with Crippen molar-refractivity contribution in [3.63, 3.8) is 0 Å². The van der Waals surface area contributed by atoms with E-state index >= 15 is 0 Å². The molecule has 2 nitrogen and oxygen atoms in total. The first-order chi connectivity index (χ1) is 8.88. The van der Waals surface area contributed by atoms with E-state index in [-0.39, 0.29) is 6.79 Å². The van der Waals surface area contributed by atoms with E-state index in [1.165, 1.54) is 44.9 Å². The summed E-state index contributed by atoms with van der Waals surface area (Å²) in [6.07, 6.45) is 13.6. The Morgan fingerprint density at radius 1 is 1.22 bits per heavy atom. The third-order valence-corrected chi connectivity index (χ3v) is 5.51. The molecule has 1 N–H and O–H groups in total. The molecule has 4 unspecified atom stereocenters. The molecule has 3 rings (SSSR count). The van der Waals surface area contributed by atoms with Crippen LogP contribution in [0.25, 0.3) is 0 Å². The number of rotatable bonds is 5. The Balaban J connectivity index is 1.50. The van der Waals surface area contributed by atoms with E-state index in [1.54, 1.807) is 0 Å². The topological polar surface area (TPSA) is 29.5 Å². The molecule has 2 heteroatoms. The highest BCUT2D eigenvalue weighted by molar-refractivity contribution is 5.22. The Bertz CT molecular complexity index is 310. The van der Waals surface area contributed by atoms with Gasteiger partial charge in [0, 0.05) is 6.61 Å². The summed E-state index contributed by atoms with van der Waals surface area (Å²) in [6, 6.07) is 0. The molecule has 102 valence electrons. The van der Waals surface area contributed by atoms with Gasteiger partial charge in [-0.05, 0) is 75.0 Å². The summed E-state index contributed by atoms with van der Waals surface area (Å²) in [6.45, 7) is 0.596. The van der Waals surface area contributed by atoms with Crippen LogP contribution >= 0.6 is 0 Å². The van der Waals surface area contributed by atoms with Crippen molar-refractivity contribution in [2.75, 3.05) is 13.4 Å². The number of ether oxygens (including phenoxy) is 1. The zero-order valence-corrected chi connectivity index (χ0v) is 11.3. The van der Waals surface area contributed by atoms with Gasteiger partial charge in [0.15, 0.2) is 0 Å². The van der Waals surface area contributed by atoms with E-state index in [2.05, 4.69) is 6.08 Å². The fourth-order valence-corrected chi connectivity index (χ4v) is 4.62. The van der Waals surface area contributed by atoms with Crippen LogP contribution in [0, 0.1) is 23.7 Å². The van der Waals surface area contributed by atoms with Gasteiger partial charge in [-0.1, -0.05) is 11.6 Å². The lowest BCUT2D eigenvalue weighted by molar-refractivity contribution is -0.00388. The highest BCUT2D eigenvalue weighted by atomic mass is 16.6. The van der Waals surface area contributed by atoms with Gasteiger partial charge in [0.25, 0.3) is 0 Å². The maximum absolute atomic E-state index is 8.59. The van der Waals surface area contributed by atoms with Crippen molar-refractivity contribution in [3.8, 4) is 0 Å². The highest BCUT2D eigenvalue weighted by Crippen LogP contribution is 2.55. The van der Waals surface area contributed by atoms with Crippen LogP contribution in [0.5, 0.6) is 0 Å². The molecule has 0 heterocycles. The average Bonchev–Trinajstić information content (AvgIpc) is 2.91.